The number of methoxy groups -OCH3 is 1. The van der Waals surface area contributed by atoms with E-state index in [4.69, 9.17) is 4.74 Å². The van der Waals surface area contributed by atoms with E-state index in [1.165, 1.54) is 11.7 Å². The normalized spacial score (nSPS) is 10.6. The zero-order valence-electron chi connectivity index (χ0n) is 16.1. The van der Waals surface area contributed by atoms with Crippen molar-refractivity contribution in [2.24, 2.45) is 0 Å². The molecule has 0 aliphatic rings. The predicted molar refractivity (Wildman–Crippen MR) is 108 cm³/mol. The van der Waals surface area contributed by atoms with E-state index < -0.39 is 17.0 Å². The Morgan fingerprint density at radius 1 is 1.07 bits per heavy atom. The molecule has 0 fully saturated rings. The summed E-state index contributed by atoms with van der Waals surface area (Å²) in [5.41, 5.74) is 1.72. The number of rotatable bonds is 4. The fraction of sp³-hybridized carbons (Fsp3) is 0.190. The first-order valence-electron chi connectivity index (χ1n) is 8.71. The molecule has 0 saturated heterocycles. The molecule has 144 valence electrons. The highest BCUT2D eigenvalue weighted by Gasteiger charge is 2.19. The number of amides is 1. The maximum Gasteiger partial charge on any atom is 0.271 e. The van der Waals surface area contributed by atoms with Crippen molar-refractivity contribution in [3.05, 3.63) is 85.7 Å². The van der Waals surface area contributed by atoms with E-state index in [-0.39, 0.29) is 11.3 Å². The lowest BCUT2D eigenvalue weighted by Gasteiger charge is -2.14. The molecular formula is C21H21N3O4. The number of nitrogens with one attached hydrogen (secondary N) is 2. The Bertz CT molecular complexity index is 1170. The summed E-state index contributed by atoms with van der Waals surface area (Å²) in [6.07, 6.45) is 1.59. The van der Waals surface area contributed by atoms with Crippen molar-refractivity contribution in [3.63, 3.8) is 0 Å². The molecule has 0 aliphatic carbocycles. The molecule has 2 heterocycles. The van der Waals surface area contributed by atoms with Gasteiger partial charge in [0.2, 0.25) is 0 Å². The van der Waals surface area contributed by atoms with Crippen molar-refractivity contribution in [2.75, 3.05) is 12.4 Å². The molecule has 0 atom stereocenters. The highest BCUT2D eigenvalue weighted by atomic mass is 16.5. The second-order valence-electron chi connectivity index (χ2n) is 6.50. The number of nitrogens with zero attached hydrogens (tertiary/aromatic N) is 1. The van der Waals surface area contributed by atoms with Gasteiger partial charge in [-0.05, 0) is 56.2 Å². The van der Waals surface area contributed by atoms with Gasteiger partial charge in [-0.25, -0.2) is 0 Å². The first kappa shape index (κ1) is 19.2. The lowest BCUT2D eigenvalue weighted by atomic mass is 10.1. The van der Waals surface area contributed by atoms with Crippen LogP contribution in [0.25, 0.3) is 5.69 Å². The van der Waals surface area contributed by atoms with Gasteiger partial charge in [-0.3, -0.25) is 19.0 Å². The number of para-hydroxylation sites is 2. The number of H-pyrrole nitrogens is 1. The first-order valence-corrected chi connectivity index (χ1v) is 8.71. The summed E-state index contributed by atoms with van der Waals surface area (Å²) in [5.74, 6) is -0.133. The number of carbonyl (C=O) groups is 1. The van der Waals surface area contributed by atoms with Crippen LogP contribution in [-0.4, -0.2) is 22.6 Å². The van der Waals surface area contributed by atoms with Crippen LogP contribution in [0, 0.1) is 20.8 Å². The smallest absolute Gasteiger partial charge is 0.271 e. The highest BCUT2D eigenvalue weighted by molar-refractivity contribution is 6.05. The molecule has 0 bridgehead atoms. The number of hydrogen-bond donors (Lipinski definition) is 2. The average Bonchev–Trinajstić information content (AvgIpc) is 2.66. The van der Waals surface area contributed by atoms with Crippen molar-refractivity contribution >= 4 is 11.6 Å². The fourth-order valence-corrected chi connectivity index (χ4v) is 2.93. The van der Waals surface area contributed by atoms with Gasteiger partial charge in [0.1, 0.15) is 17.0 Å². The van der Waals surface area contributed by atoms with Crippen LogP contribution in [-0.2, 0) is 0 Å². The molecule has 1 aromatic carbocycles. The summed E-state index contributed by atoms with van der Waals surface area (Å²) in [6, 6.07) is 10.3. The van der Waals surface area contributed by atoms with E-state index in [0.717, 1.165) is 11.3 Å². The van der Waals surface area contributed by atoms with Crippen LogP contribution in [0.4, 0.5) is 5.69 Å². The van der Waals surface area contributed by atoms with Gasteiger partial charge >= 0.3 is 0 Å². The molecule has 7 nitrogen and oxygen atoms in total. The molecule has 0 spiro atoms. The lowest BCUT2D eigenvalue weighted by molar-refractivity contribution is 0.102. The molecule has 7 heteroatoms. The van der Waals surface area contributed by atoms with Crippen molar-refractivity contribution in [2.45, 2.75) is 20.8 Å². The van der Waals surface area contributed by atoms with Crippen LogP contribution in [0.5, 0.6) is 5.75 Å². The molecule has 0 saturated carbocycles. The zero-order valence-corrected chi connectivity index (χ0v) is 16.1. The van der Waals surface area contributed by atoms with Crippen LogP contribution in [0.1, 0.15) is 27.2 Å². The Labute approximate surface area is 161 Å². The number of aryl methyl sites for hydroxylation is 3. The fourth-order valence-electron chi connectivity index (χ4n) is 2.93. The number of benzene rings is 1. The largest absolute Gasteiger partial charge is 0.495 e. The van der Waals surface area contributed by atoms with Crippen LogP contribution in [0.2, 0.25) is 0 Å². The second-order valence-corrected chi connectivity index (χ2v) is 6.50. The molecule has 28 heavy (non-hydrogen) atoms. The van der Waals surface area contributed by atoms with Gasteiger partial charge in [-0.15, -0.1) is 0 Å². The molecular weight excluding hydrogens is 358 g/mol. The summed E-state index contributed by atoms with van der Waals surface area (Å²) in [7, 11) is 1.51. The van der Waals surface area contributed by atoms with Crippen LogP contribution < -0.4 is 21.2 Å². The average molecular weight is 379 g/mol. The quantitative estimate of drug-likeness (QED) is 0.729. The van der Waals surface area contributed by atoms with E-state index in [0.29, 0.717) is 17.0 Å². The van der Waals surface area contributed by atoms with Crippen molar-refractivity contribution in [3.8, 4) is 11.4 Å². The first-order chi connectivity index (χ1) is 13.3. The third kappa shape index (κ3) is 3.46. The minimum atomic E-state index is -0.638. The van der Waals surface area contributed by atoms with Crippen LogP contribution in [0.3, 0.4) is 0 Å². The number of carbonyl (C=O) groups excluding carboxylic acids is 1. The number of aromatic amines is 1. The minimum absolute atomic E-state index is 0.0361. The number of ether oxygens (including phenoxy) is 1. The van der Waals surface area contributed by atoms with Crippen LogP contribution in [0.15, 0.2) is 52.2 Å². The van der Waals surface area contributed by atoms with Gasteiger partial charge in [0.05, 0.1) is 12.8 Å². The van der Waals surface area contributed by atoms with Gasteiger partial charge in [0.25, 0.3) is 17.0 Å². The SMILES string of the molecule is COc1ccccc1-n1ccc(C)c(C(=O)Nc2cc(C)c(C)[nH]c2=O)c1=O. The number of aromatic nitrogens is 2. The molecule has 0 radical (unpaired) electrons. The molecule has 0 aliphatic heterocycles. The van der Waals surface area contributed by atoms with Gasteiger partial charge < -0.3 is 15.0 Å². The Balaban J connectivity index is 2.08. The minimum Gasteiger partial charge on any atom is -0.495 e. The molecule has 1 amide bonds. The van der Waals surface area contributed by atoms with E-state index in [1.54, 1.807) is 56.4 Å². The van der Waals surface area contributed by atoms with Gasteiger partial charge in [0, 0.05) is 11.9 Å². The highest BCUT2D eigenvalue weighted by Crippen LogP contribution is 2.21. The van der Waals surface area contributed by atoms with Crippen molar-refractivity contribution in [1.29, 1.82) is 0 Å². The molecule has 2 N–H and O–H groups in total. The number of hydrogen-bond acceptors (Lipinski definition) is 4. The Kier molecular flexibility index (Phi) is 5.17. The maximum atomic E-state index is 13.1. The summed E-state index contributed by atoms with van der Waals surface area (Å²) in [5, 5.41) is 2.56. The van der Waals surface area contributed by atoms with Crippen molar-refractivity contribution in [1.82, 2.24) is 9.55 Å². The molecule has 0 unspecified atom stereocenters. The van der Waals surface area contributed by atoms with E-state index in [9.17, 15) is 14.4 Å². The van der Waals surface area contributed by atoms with Gasteiger partial charge in [0.15, 0.2) is 0 Å². The molecule has 3 aromatic rings. The van der Waals surface area contributed by atoms with E-state index in [2.05, 4.69) is 10.3 Å². The van der Waals surface area contributed by atoms with E-state index in [1.807, 2.05) is 6.92 Å². The third-order valence-corrected chi connectivity index (χ3v) is 4.62. The van der Waals surface area contributed by atoms with Crippen molar-refractivity contribution < 1.29 is 9.53 Å². The summed E-state index contributed by atoms with van der Waals surface area (Å²) in [4.78, 5) is 40.7. The maximum absolute atomic E-state index is 13.1. The monoisotopic (exact) mass is 379 g/mol. The summed E-state index contributed by atoms with van der Waals surface area (Å²) < 4.78 is 6.67. The van der Waals surface area contributed by atoms with Crippen LogP contribution >= 0.6 is 0 Å². The topological polar surface area (TPSA) is 93.2 Å². The number of pyridine rings is 2. The van der Waals surface area contributed by atoms with E-state index >= 15 is 0 Å². The summed E-state index contributed by atoms with van der Waals surface area (Å²) >= 11 is 0. The third-order valence-electron chi connectivity index (χ3n) is 4.62. The van der Waals surface area contributed by atoms with Gasteiger partial charge in [-0.1, -0.05) is 12.1 Å². The Morgan fingerprint density at radius 3 is 2.50 bits per heavy atom. The number of anilines is 1. The standard InChI is InChI=1S/C21H21N3O4/c1-12-9-10-24(16-7-5-6-8-17(16)28-4)21(27)18(12)20(26)23-15-11-13(2)14(3)22-19(15)25/h5-11H,1-4H3,(H,22,25)(H,23,26). The Hall–Kier alpha value is -3.61. The molecule has 3 rings (SSSR count). The van der Waals surface area contributed by atoms with Gasteiger partial charge in [-0.2, -0.15) is 0 Å². The second kappa shape index (κ2) is 7.56. The zero-order chi connectivity index (χ0) is 20.4. The molecule has 2 aromatic heterocycles. The predicted octanol–water partition coefficient (Wildman–Crippen LogP) is 2.71. The summed E-state index contributed by atoms with van der Waals surface area (Å²) in [6.45, 7) is 5.27. The lowest BCUT2D eigenvalue weighted by Crippen LogP contribution is -2.31. The Morgan fingerprint density at radius 2 is 1.79 bits per heavy atom.